The Balaban J connectivity index is 1.75. The Kier molecular flexibility index (Phi) is 7.68. The van der Waals surface area contributed by atoms with Gasteiger partial charge in [-0.1, -0.05) is 67.6 Å². The molecular formula is C26H37N3O. The van der Waals surface area contributed by atoms with Gasteiger partial charge in [0.05, 0.1) is 5.92 Å². The second kappa shape index (κ2) is 10.2. The molecule has 2 aromatic rings. The molecule has 2 aromatic carbocycles. The van der Waals surface area contributed by atoms with Crippen LogP contribution < -0.4 is 5.32 Å². The first-order valence-corrected chi connectivity index (χ1v) is 11.2. The SMILES string of the molecule is CNC[C@@H](C(=O)N1CCC(CN(C)C)(c2ccccc2)CC1)[C@@H](C)c1ccccc1. The summed E-state index contributed by atoms with van der Waals surface area (Å²) in [6, 6.07) is 21.3. The van der Waals surface area contributed by atoms with Crippen molar-refractivity contribution < 1.29 is 4.79 Å². The monoisotopic (exact) mass is 407 g/mol. The van der Waals surface area contributed by atoms with E-state index in [-0.39, 0.29) is 23.2 Å². The van der Waals surface area contributed by atoms with E-state index < -0.39 is 0 Å². The number of amides is 1. The summed E-state index contributed by atoms with van der Waals surface area (Å²) in [6.07, 6.45) is 2.01. The third kappa shape index (κ3) is 5.11. The molecule has 1 heterocycles. The van der Waals surface area contributed by atoms with Crippen molar-refractivity contribution >= 4 is 5.91 Å². The van der Waals surface area contributed by atoms with Crippen LogP contribution in [0.25, 0.3) is 0 Å². The van der Waals surface area contributed by atoms with Crippen LogP contribution in [0.1, 0.15) is 36.8 Å². The summed E-state index contributed by atoms with van der Waals surface area (Å²) in [6.45, 7) is 5.54. The van der Waals surface area contributed by atoms with E-state index in [0.717, 1.165) is 32.5 Å². The Morgan fingerprint density at radius 1 is 1.03 bits per heavy atom. The Hall–Kier alpha value is -2.17. The minimum atomic E-state index is -0.0459. The quantitative estimate of drug-likeness (QED) is 0.724. The molecule has 30 heavy (non-hydrogen) atoms. The Bertz CT molecular complexity index is 782. The van der Waals surface area contributed by atoms with E-state index in [4.69, 9.17) is 0 Å². The fraction of sp³-hybridized carbons (Fsp3) is 0.500. The van der Waals surface area contributed by atoms with Crippen LogP contribution in [-0.4, -0.2) is 63.0 Å². The number of likely N-dealkylation sites (N-methyl/N-ethyl adjacent to an activating group) is 1. The highest BCUT2D eigenvalue weighted by Gasteiger charge is 2.39. The third-order valence-electron chi connectivity index (χ3n) is 6.71. The summed E-state index contributed by atoms with van der Waals surface area (Å²) < 4.78 is 0. The summed E-state index contributed by atoms with van der Waals surface area (Å²) in [5.41, 5.74) is 2.75. The molecule has 4 nitrogen and oxygen atoms in total. The van der Waals surface area contributed by atoms with E-state index in [2.05, 4.69) is 90.7 Å². The fourth-order valence-corrected chi connectivity index (χ4v) is 5.01. The van der Waals surface area contributed by atoms with Crippen LogP contribution in [0.3, 0.4) is 0 Å². The first-order chi connectivity index (χ1) is 14.5. The summed E-state index contributed by atoms with van der Waals surface area (Å²) in [4.78, 5) is 17.9. The van der Waals surface area contributed by atoms with Crippen LogP contribution in [0.15, 0.2) is 60.7 Å². The summed E-state index contributed by atoms with van der Waals surface area (Å²) >= 11 is 0. The highest BCUT2D eigenvalue weighted by atomic mass is 16.2. The number of piperidine rings is 1. The van der Waals surface area contributed by atoms with Gasteiger partial charge in [-0.05, 0) is 51.0 Å². The molecule has 0 spiro atoms. The molecule has 2 atom stereocenters. The van der Waals surface area contributed by atoms with E-state index in [1.54, 1.807) is 0 Å². The fourth-order valence-electron chi connectivity index (χ4n) is 5.01. The topological polar surface area (TPSA) is 35.6 Å². The number of benzene rings is 2. The van der Waals surface area contributed by atoms with Crippen molar-refractivity contribution in [2.75, 3.05) is 47.3 Å². The molecule has 1 amide bonds. The third-order valence-corrected chi connectivity index (χ3v) is 6.71. The van der Waals surface area contributed by atoms with Gasteiger partial charge in [0.2, 0.25) is 5.91 Å². The molecule has 1 aliphatic heterocycles. The van der Waals surface area contributed by atoms with Gasteiger partial charge in [0, 0.05) is 31.6 Å². The number of hydrogen-bond donors (Lipinski definition) is 1. The lowest BCUT2D eigenvalue weighted by Gasteiger charge is -2.45. The van der Waals surface area contributed by atoms with Crippen LogP contribution in [0.5, 0.6) is 0 Å². The predicted octanol–water partition coefficient (Wildman–Crippen LogP) is 3.75. The van der Waals surface area contributed by atoms with Gasteiger partial charge in [0.25, 0.3) is 0 Å². The molecule has 1 aliphatic rings. The number of likely N-dealkylation sites (tertiary alicyclic amines) is 1. The van der Waals surface area contributed by atoms with Gasteiger partial charge in [-0.15, -0.1) is 0 Å². The predicted molar refractivity (Wildman–Crippen MR) is 125 cm³/mol. The lowest BCUT2D eigenvalue weighted by molar-refractivity contribution is -0.137. The van der Waals surface area contributed by atoms with Crippen molar-refractivity contribution in [1.82, 2.24) is 15.1 Å². The molecule has 3 rings (SSSR count). The normalized spacial score (nSPS) is 18.2. The Morgan fingerprint density at radius 3 is 2.13 bits per heavy atom. The smallest absolute Gasteiger partial charge is 0.227 e. The van der Waals surface area contributed by atoms with Crippen molar-refractivity contribution in [2.45, 2.75) is 31.1 Å². The van der Waals surface area contributed by atoms with Crippen LogP contribution in [0, 0.1) is 5.92 Å². The molecule has 4 heteroatoms. The number of rotatable bonds is 8. The lowest BCUT2D eigenvalue weighted by atomic mass is 9.72. The zero-order chi connectivity index (χ0) is 21.6. The van der Waals surface area contributed by atoms with E-state index in [1.165, 1.54) is 11.1 Å². The zero-order valence-corrected chi connectivity index (χ0v) is 19.0. The van der Waals surface area contributed by atoms with E-state index in [9.17, 15) is 4.79 Å². The number of nitrogens with one attached hydrogen (secondary N) is 1. The first kappa shape index (κ1) is 22.5. The maximum Gasteiger partial charge on any atom is 0.227 e. The van der Waals surface area contributed by atoms with Crippen molar-refractivity contribution in [2.24, 2.45) is 5.92 Å². The molecule has 162 valence electrons. The van der Waals surface area contributed by atoms with Gasteiger partial charge in [0.15, 0.2) is 0 Å². The number of nitrogens with zero attached hydrogens (tertiary/aromatic N) is 2. The largest absolute Gasteiger partial charge is 0.342 e. The highest BCUT2D eigenvalue weighted by Crippen LogP contribution is 2.37. The Morgan fingerprint density at radius 2 is 1.60 bits per heavy atom. The van der Waals surface area contributed by atoms with Gasteiger partial charge < -0.3 is 15.1 Å². The van der Waals surface area contributed by atoms with Gasteiger partial charge in [-0.25, -0.2) is 0 Å². The van der Waals surface area contributed by atoms with Crippen LogP contribution in [-0.2, 0) is 10.2 Å². The second-order valence-electron chi connectivity index (χ2n) is 9.07. The Labute approximate surface area is 182 Å². The van der Waals surface area contributed by atoms with Crippen molar-refractivity contribution in [3.8, 4) is 0 Å². The number of carbonyl (C=O) groups excluding carboxylic acids is 1. The number of carbonyl (C=O) groups is 1. The van der Waals surface area contributed by atoms with E-state index in [1.807, 2.05) is 13.1 Å². The molecule has 1 N–H and O–H groups in total. The van der Waals surface area contributed by atoms with Crippen molar-refractivity contribution in [3.63, 3.8) is 0 Å². The molecule has 0 aliphatic carbocycles. The van der Waals surface area contributed by atoms with E-state index >= 15 is 0 Å². The minimum absolute atomic E-state index is 0.0459. The minimum Gasteiger partial charge on any atom is -0.342 e. The average Bonchev–Trinajstić information content (AvgIpc) is 2.78. The molecule has 0 saturated carbocycles. The van der Waals surface area contributed by atoms with Gasteiger partial charge >= 0.3 is 0 Å². The second-order valence-corrected chi connectivity index (χ2v) is 9.07. The van der Waals surface area contributed by atoms with Gasteiger partial charge in [0.1, 0.15) is 0 Å². The molecule has 0 unspecified atom stereocenters. The van der Waals surface area contributed by atoms with Crippen LogP contribution >= 0.6 is 0 Å². The van der Waals surface area contributed by atoms with Crippen molar-refractivity contribution in [3.05, 3.63) is 71.8 Å². The summed E-state index contributed by atoms with van der Waals surface area (Å²) in [5.74, 6) is 0.427. The van der Waals surface area contributed by atoms with E-state index in [0.29, 0.717) is 6.54 Å². The maximum atomic E-state index is 13.5. The van der Waals surface area contributed by atoms with Gasteiger partial charge in [-0.2, -0.15) is 0 Å². The van der Waals surface area contributed by atoms with Crippen LogP contribution in [0.4, 0.5) is 0 Å². The molecule has 1 fully saturated rings. The standard InChI is InChI=1S/C26H37N3O/c1-21(22-11-7-5-8-12-22)24(19-27-2)25(30)29-17-15-26(16-18-29,20-28(3)4)23-13-9-6-10-14-23/h5-14,21,24,27H,15-20H2,1-4H3/t21-,24+/m0/s1. The first-order valence-electron chi connectivity index (χ1n) is 11.2. The summed E-state index contributed by atoms with van der Waals surface area (Å²) in [7, 11) is 6.23. The molecule has 0 radical (unpaired) electrons. The maximum absolute atomic E-state index is 13.5. The molecule has 0 aromatic heterocycles. The summed E-state index contributed by atoms with van der Waals surface area (Å²) in [5, 5.41) is 3.25. The zero-order valence-electron chi connectivity index (χ0n) is 19.0. The molecular weight excluding hydrogens is 370 g/mol. The number of hydrogen-bond acceptors (Lipinski definition) is 3. The van der Waals surface area contributed by atoms with Gasteiger partial charge in [-0.3, -0.25) is 4.79 Å². The molecule has 1 saturated heterocycles. The highest BCUT2D eigenvalue weighted by molar-refractivity contribution is 5.80. The molecule has 0 bridgehead atoms. The average molecular weight is 408 g/mol. The van der Waals surface area contributed by atoms with Crippen LogP contribution in [0.2, 0.25) is 0 Å². The van der Waals surface area contributed by atoms with Crippen molar-refractivity contribution in [1.29, 1.82) is 0 Å². The lowest BCUT2D eigenvalue weighted by Crippen LogP contribution is -2.51.